The predicted molar refractivity (Wildman–Crippen MR) is 26.1 cm³/mol. The van der Waals surface area contributed by atoms with Crippen molar-refractivity contribution in [1.82, 2.24) is 0 Å². The standard InChI is InChI=1S/C2H8O7P2.2Cr/c3-1-2(10(4,5)6)11(7,8)9;;/h2-3H,1H2,(H2,4,5,6)(H2,7,8,9);;/q;2*+2/p-4. The van der Waals surface area contributed by atoms with E-state index in [1.807, 2.05) is 0 Å². The van der Waals surface area contributed by atoms with Crippen LogP contribution in [0.4, 0.5) is 0 Å². The van der Waals surface area contributed by atoms with Crippen LogP contribution in [0.15, 0.2) is 0 Å². The molecule has 0 saturated carbocycles. The van der Waals surface area contributed by atoms with Gasteiger partial charge in [-0.05, 0) is 0 Å². The zero-order valence-electron chi connectivity index (χ0n) is 5.89. The number of hydrogen-bond donors (Lipinski definition) is 1. The smallest absolute Gasteiger partial charge is 0.810 e. The Morgan fingerprint density at radius 3 is 1.23 bits per heavy atom. The van der Waals surface area contributed by atoms with Crippen molar-refractivity contribution in [3.63, 3.8) is 0 Å². The number of rotatable bonds is 3. The second-order valence-electron chi connectivity index (χ2n) is 1.74. The Bertz CT molecular complexity index is 197. The Balaban J connectivity index is -0.000000500. The van der Waals surface area contributed by atoms with Crippen LogP contribution in [0.5, 0.6) is 0 Å². The summed E-state index contributed by atoms with van der Waals surface area (Å²) in [6.07, 6.45) is 0. The van der Waals surface area contributed by atoms with E-state index in [0.717, 1.165) is 0 Å². The normalized spacial score (nSPS) is 11.8. The molecule has 0 aromatic heterocycles. The van der Waals surface area contributed by atoms with Crippen LogP contribution in [-0.4, -0.2) is 17.1 Å². The van der Waals surface area contributed by atoms with Gasteiger partial charge in [0.1, 0.15) is 0 Å². The summed E-state index contributed by atoms with van der Waals surface area (Å²) in [5.74, 6) is 0. The SMILES string of the molecule is O=P([O-])([O-])C(CO)P(=O)([O-])[O-].[Cr+2].[Cr+2]. The minimum Gasteiger partial charge on any atom is -0.810 e. The third kappa shape index (κ3) is 7.28. The minimum atomic E-state index is -5.54. The average molecular weight is 306 g/mol. The molecule has 0 aromatic rings. The molecule has 0 aliphatic heterocycles. The quantitative estimate of drug-likeness (QED) is 0.524. The molecule has 7 nitrogen and oxygen atoms in total. The molecule has 13 heavy (non-hydrogen) atoms. The third-order valence-corrected chi connectivity index (χ3v) is 4.38. The van der Waals surface area contributed by atoms with Gasteiger partial charge < -0.3 is 33.8 Å². The Hall–Kier alpha value is 1.32. The molecule has 0 aromatic carbocycles. The first-order chi connectivity index (χ1) is 4.69. The van der Waals surface area contributed by atoms with E-state index in [1.54, 1.807) is 0 Å². The van der Waals surface area contributed by atoms with Crippen LogP contribution in [0.2, 0.25) is 0 Å². The van der Waals surface area contributed by atoms with Crippen LogP contribution in [0, 0.1) is 0 Å². The maximum absolute atomic E-state index is 9.95. The summed E-state index contributed by atoms with van der Waals surface area (Å²) < 4.78 is 19.9. The monoisotopic (exact) mass is 306 g/mol. The molecule has 0 atom stereocenters. The minimum absolute atomic E-state index is 0. The molecular formula is C2H4Cr2O7P2. The molecule has 0 unspecified atom stereocenters. The summed E-state index contributed by atoms with van der Waals surface area (Å²) in [5.41, 5.74) is 0. The van der Waals surface area contributed by atoms with Crippen molar-refractivity contribution >= 4 is 15.2 Å². The van der Waals surface area contributed by atoms with Gasteiger partial charge in [-0.15, -0.1) is 0 Å². The molecule has 0 fully saturated rings. The van der Waals surface area contributed by atoms with Crippen LogP contribution in [0.25, 0.3) is 0 Å². The Labute approximate surface area is 95.7 Å². The zero-order valence-corrected chi connectivity index (χ0v) is 10.2. The molecule has 0 aliphatic rings. The summed E-state index contributed by atoms with van der Waals surface area (Å²) in [6.45, 7) is -1.49. The predicted octanol–water partition coefficient (Wildman–Crippen LogP) is -3.87. The van der Waals surface area contributed by atoms with Gasteiger partial charge in [-0.2, -0.15) is 0 Å². The Morgan fingerprint density at radius 1 is 1.00 bits per heavy atom. The maximum Gasteiger partial charge on any atom is 2.00 e. The molecule has 0 spiro atoms. The first kappa shape index (κ1) is 19.8. The van der Waals surface area contributed by atoms with E-state index in [1.165, 1.54) is 0 Å². The zero-order chi connectivity index (χ0) is 9.28. The third-order valence-electron chi connectivity index (χ3n) is 0.893. The molecule has 0 saturated heterocycles. The Morgan fingerprint density at radius 2 is 1.23 bits per heavy atom. The molecule has 0 bridgehead atoms. The molecule has 0 radical (unpaired) electrons. The van der Waals surface area contributed by atoms with Crippen molar-refractivity contribution in [2.24, 2.45) is 0 Å². The Kier molecular flexibility index (Phi) is 10.3. The van der Waals surface area contributed by atoms with Crippen molar-refractivity contribution < 1.29 is 68.5 Å². The molecule has 0 amide bonds. The summed E-state index contributed by atoms with van der Waals surface area (Å²) in [7, 11) is -11.1. The fourth-order valence-electron chi connectivity index (χ4n) is 0.373. The van der Waals surface area contributed by atoms with Crippen molar-refractivity contribution in [3.8, 4) is 0 Å². The van der Waals surface area contributed by atoms with E-state index in [-0.39, 0.29) is 34.7 Å². The summed E-state index contributed by atoms with van der Waals surface area (Å²) in [5, 5.41) is 5.31. The van der Waals surface area contributed by atoms with E-state index >= 15 is 0 Å². The van der Waals surface area contributed by atoms with Gasteiger partial charge in [0.2, 0.25) is 0 Å². The van der Waals surface area contributed by atoms with Gasteiger partial charge in [0.15, 0.2) is 0 Å². The fourth-order valence-corrected chi connectivity index (χ4v) is 2.16. The molecule has 0 aliphatic carbocycles. The van der Waals surface area contributed by atoms with Crippen LogP contribution in [0.3, 0.4) is 0 Å². The molecule has 1 N–H and O–H groups in total. The largest absolute Gasteiger partial charge is 2.00 e. The first-order valence-corrected chi connectivity index (χ1v) is 5.56. The van der Waals surface area contributed by atoms with Gasteiger partial charge in [0, 0.05) is 5.40 Å². The van der Waals surface area contributed by atoms with Gasteiger partial charge in [-0.25, -0.2) is 0 Å². The van der Waals surface area contributed by atoms with Gasteiger partial charge >= 0.3 is 34.7 Å². The van der Waals surface area contributed by atoms with Gasteiger partial charge in [0.05, 0.1) is 6.61 Å². The van der Waals surface area contributed by atoms with Crippen LogP contribution in [0.1, 0.15) is 0 Å². The number of hydrogen-bond acceptors (Lipinski definition) is 7. The molecule has 0 rings (SSSR count). The van der Waals surface area contributed by atoms with Crippen molar-refractivity contribution in [1.29, 1.82) is 0 Å². The average Bonchev–Trinajstić information content (AvgIpc) is 1.56. The van der Waals surface area contributed by atoms with Gasteiger partial charge in [-0.1, -0.05) is 15.2 Å². The fraction of sp³-hybridized carbons (Fsp3) is 1.00. The van der Waals surface area contributed by atoms with Gasteiger partial charge in [0.25, 0.3) is 0 Å². The summed E-state index contributed by atoms with van der Waals surface area (Å²) in [6, 6.07) is 0. The van der Waals surface area contributed by atoms with E-state index in [9.17, 15) is 28.7 Å². The maximum atomic E-state index is 9.95. The van der Waals surface area contributed by atoms with Crippen LogP contribution < -0.4 is 19.6 Å². The molecular weight excluding hydrogens is 302 g/mol. The molecule has 0 heterocycles. The van der Waals surface area contributed by atoms with Crippen molar-refractivity contribution in [2.75, 3.05) is 6.61 Å². The summed E-state index contributed by atoms with van der Waals surface area (Å²) in [4.78, 5) is 39.8. The number of aliphatic hydroxyl groups excluding tert-OH is 1. The van der Waals surface area contributed by atoms with Crippen LogP contribution in [-0.2, 0) is 43.9 Å². The van der Waals surface area contributed by atoms with Crippen molar-refractivity contribution in [2.45, 2.75) is 5.40 Å². The first-order valence-electron chi connectivity index (χ1n) is 2.34. The van der Waals surface area contributed by atoms with Gasteiger partial charge in [-0.3, -0.25) is 0 Å². The molecule has 11 heteroatoms. The van der Waals surface area contributed by atoms with E-state index in [4.69, 9.17) is 5.11 Å². The van der Waals surface area contributed by atoms with E-state index in [2.05, 4.69) is 0 Å². The topological polar surface area (TPSA) is 147 Å². The van der Waals surface area contributed by atoms with Crippen LogP contribution >= 0.6 is 15.2 Å². The second kappa shape index (κ2) is 6.74. The number of aliphatic hydroxyl groups is 1. The van der Waals surface area contributed by atoms with E-state index < -0.39 is 27.2 Å². The summed E-state index contributed by atoms with van der Waals surface area (Å²) >= 11 is 0. The van der Waals surface area contributed by atoms with E-state index in [0.29, 0.717) is 0 Å². The second-order valence-corrected chi connectivity index (χ2v) is 5.56. The molecule has 76 valence electrons. The van der Waals surface area contributed by atoms with Crippen molar-refractivity contribution in [3.05, 3.63) is 0 Å².